The first-order valence-electron chi connectivity index (χ1n) is 10.7. The third-order valence-electron chi connectivity index (χ3n) is 5.59. The number of nitrogens with one attached hydrogen (secondary N) is 1. The molecule has 0 atom stereocenters. The van der Waals surface area contributed by atoms with E-state index in [1.54, 1.807) is 12.1 Å². The minimum atomic E-state index is -3.68. The van der Waals surface area contributed by atoms with Crippen LogP contribution >= 0.6 is 0 Å². The van der Waals surface area contributed by atoms with Gasteiger partial charge in [0, 0.05) is 38.6 Å². The Morgan fingerprint density at radius 3 is 2.18 bits per heavy atom. The minimum absolute atomic E-state index is 0.0779. The summed E-state index contributed by atoms with van der Waals surface area (Å²) in [5.74, 6) is -0.361. The first-order chi connectivity index (χ1) is 15.9. The number of rotatable bonds is 6. The van der Waals surface area contributed by atoms with Crippen LogP contribution in [0.1, 0.15) is 10.4 Å². The molecule has 172 valence electrons. The molecule has 33 heavy (non-hydrogen) atoms. The summed E-state index contributed by atoms with van der Waals surface area (Å²) < 4.78 is 31.9. The van der Waals surface area contributed by atoms with Gasteiger partial charge >= 0.3 is 0 Å². The molecule has 0 aromatic heterocycles. The molecule has 1 amide bonds. The fourth-order valence-electron chi connectivity index (χ4n) is 3.72. The van der Waals surface area contributed by atoms with Gasteiger partial charge in [0.05, 0.1) is 23.7 Å². The molecule has 1 heterocycles. The van der Waals surface area contributed by atoms with Gasteiger partial charge in [-0.25, -0.2) is 12.7 Å². The highest BCUT2D eigenvalue weighted by molar-refractivity contribution is 7.89. The molecule has 1 aliphatic heterocycles. The van der Waals surface area contributed by atoms with Gasteiger partial charge in [-0.05, 0) is 41.5 Å². The Kier molecular flexibility index (Phi) is 6.78. The molecule has 1 fully saturated rings. The van der Waals surface area contributed by atoms with Gasteiger partial charge in [0.25, 0.3) is 5.91 Å². The fourth-order valence-corrected chi connectivity index (χ4v) is 4.65. The van der Waals surface area contributed by atoms with Gasteiger partial charge in [-0.2, -0.15) is 0 Å². The number of amides is 1. The minimum Gasteiger partial charge on any atom is -0.378 e. The first kappa shape index (κ1) is 23.0. The van der Waals surface area contributed by atoms with Crippen molar-refractivity contribution in [2.45, 2.75) is 4.90 Å². The maximum Gasteiger partial charge on any atom is 0.257 e. The number of benzene rings is 3. The van der Waals surface area contributed by atoms with Crippen LogP contribution in [-0.2, 0) is 14.8 Å². The molecule has 1 aliphatic rings. The number of sulfonamides is 1. The van der Waals surface area contributed by atoms with Crippen molar-refractivity contribution in [3.63, 3.8) is 0 Å². The molecular formula is C25H27N3O4S. The van der Waals surface area contributed by atoms with E-state index in [0.29, 0.717) is 43.2 Å². The number of carbonyl (C=O) groups is 1. The van der Waals surface area contributed by atoms with Crippen LogP contribution in [0, 0.1) is 0 Å². The topological polar surface area (TPSA) is 79.0 Å². The molecule has 7 nitrogen and oxygen atoms in total. The number of morpholine rings is 1. The van der Waals surface area contributed by atoms with Crippen LogP contribution in [0.2, 0.25) is 0 Å². The number of hydrogen-bond acceptors (Lipinski definition) is 5. The number of anilines is 2. The molecule has 0 saturated carbocycles. The van der Waals surface area contributed by atoms with Crippen molar-refractivity contribution in [1.82, 2.24) is 4.31 Å². The molecule has 1 saturated heterocycles. The Bertz CT molecular complexity index is 1220. The van der Waals surface area contributed by atoms with Crippen molar-refractivity contribution in [3.05, 3.63) is 78.4 Å². The van der Waals surface area contributed by atoms with Crippen LogP contribution in [0.5, 0.6) is 0 Å². The molecule has 0 aliphatic carbocycles. The van der Waals surface area contributed by atoms with Gasteiger partial charge < -0.3 is 15.0 Å². The van der Waals surface area contributed by atoms with Gasteiger partial charge in [-0.1, -0.05) is 42.5 Å². The third-order valence-corrected chi connectivity index (χ3v) is 7.40. The van der Waals surface area contributed by atoms with Crippen LogP contribution in [0.4, 0.5) is 11.4 Å². The molecule has 8 heteroatoms. The summed E-state index contributed by atoms with van der Waals surface area (Å²) in [6, 6.07) is 22.3. The zero-order valence-corrected chi connectivity index (χ0v) is 19.5. The van der Waals surface area contributed by atoms with Gasteiger partial charge in [0.2, 0.25) is 10.0 Å². The van der Waals surface area contributed by atoms with E-state index < -0.39 is 10.0 Å². The summed E-state index contributed by atoms with van der Waals surface area (Å²) in [7, 11) is -0.736. The SMILES string of the molecule is CN(C)S(=O)(=O)c1ccc(N2CCOCC2)c(C(=O)Nc2ccc(-c3ccccc3)cc2)c1. The lowest BCUT2D eigenvalue weighted by Gasteiger charge is -2.30. The third kappa shape index (κ3) is 5.08. The van der Waals surface area contributed by atoms with Crippen LogP contribution in [0.15, 0.2) is 77.7 Å². The lowest BCUT2D eigenvalue weighted by molar-refractivity contribution is 0.102. The van der Waals surface area contributed by atoms with E-state index in [0.717, 1.165) is 15.4 Å². The van der Waals surface area contributed by atoms with Gasteiger partial charge in [0.1, 0.15) is 0 Å². The van der Waals surface area contributed by atoms with Gasteiger partial charge in [0.15, 0.2) is 0 Å². The Labute approximate surface area is 194 Å². The van der Waals surface area contributed by atoms with E-state index >= 15 is 0 Å². The lowest BCUT2D eigenvalue weighted by atomic mass is 10.1. The van der Waals surface area contributed by atoms with Crippen molar-refractivity contribution < 1.29 is 17.9 Å². The van der Waals surface area contributed by atoms with Crippen molar-refractivity contribution >= 4 is 27.3 Å². The first-order valence-corrected chi connectivity index (χ1v) is 12.2. The normalized spacial score (nSPS) is 14.3. The van der Waals surface area contributed by atoms with Crippen molar-refractivity contribution in [3.8, 4) is 11.1 Å². The second-order valence-corrected chi connectivity index (χ2v) is 10.1. The highest BCUT2D eigenvalue weighted by atomic mass is 32.2. The molecule has 0 radical (unpaired) electrons. The van der Waals surface area contributed by atoms with Crippen LogP contribution in [0.25, 0.3) is 11.1 Å². The van der Waals surface area contributed by atoms with E-state index in [1.807, 2.05) is 59.5 Å². The van der Waals surface area contributed by atoms with Gasteiger partial charge in [-0.3, -0.25) is 4.79 Å². The smallest absolute Gasteiger partial charge is 0.257 e. The summed E-state index contributed by atoms with van der Waals surface area (Å²) in [4.78, 5) is 15.4. The predicted molar refractivity (Wildman–Crippen MR) is 130 cm³/mol. The number of nitrogens with zero attached hydrogens (tertiary/aromatic N) is 2. The highest BCUT2D eigenvalue weighted by Crippen LogP contribution is 2.28. The summed E-state index contributed by atoms with van der Waals surface area (Å²) >= 11 is 0. The lowest BCUT2D eigenvalue weighted by Crippen LogP contribution is -2.37. The van der Waals surface area contributed by atoms with E-state index in [4.69, 9.17) is 4.74 Å². The van der Waals surface area contributed by atoms with Crippen LogP contribution < -0.4 is 10.2 Å². The number of carbonyl (C=O) groups excluding carboxylic acids is 1. The number of hydrogen-bond donors (Lipinski definition) is 1. The fraction of sp³-hybridized carbons (Fsp3) is 0.240. The standard InChI is InChI=1S/C25H27N3O4S/c1-27(2)33(30,31)22-12-13-24(28-14-16-32-17-15-28)23(18-22)25(29)26-21-10-8-20(9-11-21)19-6-4-3-5-7-19/h3-13,18H,14-17H2,1-2H3,(H,26,29). The van der Waals surface area contributed by atoms with E-state index in [-0.39, 0.29) is 10.8 Å². The molecule has 0 bridgehead atoms. The molecule has 0 unspecified atom stereocenters. The summed E-state index contributed by atoms with van der Waals surface area (Å²) in [5.41, 5.74) is 3.77. The van der Waals surface area contributed by atoms with Crippen molar-refractivity contribution in [2.75, 3.05) is 50.6 Å². The molecule has 3 aromatic carbocycles. The van der Waals surface area contributed by atoms with Crippen molar-refractivity contribution in [1.29, 1.82) is 0 Å². The predicted octanol–water partition coefficient (Wildman–Crippen LogP) is 3.69. The molecular weight excluding hydrogens is 438 g/mol. The quantitative estimate of drug-likeness (QED) is 0.601. The van der Waals surface area contributed by atoms with Crippen LogP contribution in [0.3, 0.4) is 0 Å². The average Bonchev–Trinajstić information content (AvgIpc) is 2.85. The maximum absolute atomic E-state index is 13.3. The zero-order valence-electron chi connectivity index (χ0n) is 18.7. The molecule has 4 rings (SSSR count). The Hall–Kier alpha value is -3.20. The zero-order chi connectivity index (χ0) is 23.4. The second-order valence-electron chi connectivity index (χ2n) is 7.96. The van der Waals surface area contributed by atoms with Crippen molar-refractivity contribution in [2.24, 2.45) is 0 Å². The molecule has 3 aromatic rings. The monoisotopic (exact) mass is 465 g/mol. The van der Waals surface area contributed by atoms with Crippen LogP contribution in [-0.4, -0.2) is 59.0 Å². The average molecular weight is 466 g/mol. The second kappa shape index (κ2) is 9.74. The Morgan fingerprint density at radius 1 is 0.909 bits per heavy atom. The van der Waals surface area contributed by atoms with E-state index in [9.17, 15) is 13.2 Å². The molecule has 1 N–H and O–H groups in total. The summed E-state index contributed by atoms with van der Waals surface area (Å²) in [6.07, 6.45) is 0. The molecule has 0 spiro atoms. The number of ether oxygens (including phenoxy) is 1. The Balaban J connectivity index is 1.64. The summed E-state index contributed by atoms with van der Waals surface area (Å²) in [5, 5.41) is 2.92. The largest absolute Gasteiger partial charge is 0.378 e. The Morgan fingerprint density at radius 2 is 1.55 bits per heavy atom. The van der Waals surface area contributed by atoms with E-state index in [2.05, 4.69) is 5.32 Å². The highest BCUT2D eigenvalue weighted by Gasteiger charge is 2.24. The summed E-state index contributed by atoms with van der Waals surface area (Å²) in [6.45, 7) is 2.37. The van der Waals surface area contributed by atoms with E-state index in [1.165, 1.54) is 20.2 Å². The van der Waals surface area contributed by atoms with Gasteiger partial charge in [-0.15, -0.1) is 0 Å². The maximum atomic E-state index is 13.3.